The van der Waals surface area contributed by atoms with Gasteiger partial charge in [-0.2, -0.15) is 0 Å². The average Bonchev–Trinajstić information content (AvgIpc) is 3.40. The molecular weight excluding hydrogens is 407 g/mol. The van der Waals surface area contributed by atoms with E-state index in [1.54, 1.807) is 28.0 Å². The van der Waals surface area contributed by atoms with E-state index in [1.807, 2.05) is 49.5 Å². The van der Waals surface area contributed by atoms with Crippen LogP contribution in [0.3, 0.4) is 0 Å². The third-order valence-electron chi connectivity index (χ3n) is 6.30. The number of anilines is 1. The quantitative estimate of drug-likeness (QED) is 0.683. The Balaban J connectivity index is 1.36. The molecule has 164 valence electrons. The molecule has 1 fully saturated rings. The Hall–Kier alpha value is -3.61. The number of aromatic nitrogens is 1. The highest BCUT2D eigenvalue weighted by Gasteiger charge is 2.37. The zero-order chi connectivity index (χ0) is 22.2. The van der Waals surface area contributed by atoms with Gasteiger partial charge in [0, 0.05) is 49.2 Å². The van der Waals surface area contributed by atoms with Crippen LogP contribution in [0.15, 0.2) is 66.9 Å². The zero-order valence-corrected chi connectivity index (χ0v) is 17.9. The van der Waals surface area contributed by atoms with Gasteiger partial charge >= 0.3 is 6.03 Å². The van der Waals surface area contributed by atoms with Gasteiger partial charge in [-0.3, -0.25) is 4.79 Å². The Bertz CT molecular complexity index is 1160. The van der Waals surface area contributed by atoms with E-state index in [0.29, 0.717) is 25.2 Å². The van der Waals surface area contributed by atoms with Gasteiger partial charge in [-0.15, -0.1) is 0 Å². The monoisotopic (exact) mass is 432 g/mol. The molecule has 0 saturated carbocycles. The SMILES string of the molecule is Cc1ccc(N2C[C@@H](NC(=O)N3CCn4cccc4[C@@H]3c3ccccc3F)CC2=O)cc1. The number of carbonyl (C=O) groups is 2. The molecule has 2 aliphatic rings. The summed E-state index contributed by atoms with van der Waals surface area (Å²) in [6.07, 6.45) is 2.20. The van der Waals surface area contributed by atoms with Gasteiger partial charge < -0.3 is 19.7 Å². The number of halogens is 1. The van der Waals surface area contributed by atoms with E-state index in [4.69, 9.17) is 0 Å². The highest BCUT2D eigenvalue weighted by Crippen LogP contribution is 2.34. The zero-order valence-electron chi connectivity index (χ0n) is 17.9. The number of amides is 3. The van der Waals surface area contributed by atoms with Crippen molar-refractivity contribution in [2.24, 2.45) is 0 Å². The van der Waals surface area contributed by atoms with Crippen molar-refractivity contribution in [1.82, 2.24) is 14.8 Å². The lowest BCUT2D eigenvalue weighted by Crippen LogP contribution is -2.50. The Morgan fingerprint density at radius 1 is 1.03 bits per heavy atom. The summed E-state index contributed by atoms with van der Waals surface area (Å²) >= 11 is 0. The van der Waals surface area contributed by atoms with Crippen molar-refractivity contribution in [3.63, 3.8) is 0 Å². The number of benzene rings is 2. The first-order chi connectivity index (χ1) is 15.5. The average molecular weight is 432 g/mol. The smallest absolute Gasteiger partial charge is 0.318 e. The van der Waals surface area contributed by atoms with E-state index in [0.717, 1.165) is 16.9 Å². The fourth-order valence-electron chi connectivity index (χ4n) is 4.66. The van der Waals surface area contributed by atoms with Crippen molar-refractivity contribution in [3.05, 3.63) is 89.5 Å². The van der Waals surface area contributed by atoms with Crippen molar-refractivity contribution in [1.29, 1.82) is 0 Å². The molecule has 5 rings (SSSR count). The molecule has 3 aromatic rings. The predicted molar refractivity (Wildman–Crippen MR) is 120 cm³/mol. The normalized spacial score (nSPS) is 20.4. The minimum Gasteiger partial charge on any atom is -0.348 e. The van der Waals surface area contributed by atoms with Crippen molar-refractivity contribution >= 4 is 17.6 Å². The molecule has 0 radical (unpaired) electrons. The molecule has 32 heavy (non-hydrogen) atoms. The summed E-state index contributed by atoms with van der Waals surface area (Å²) in [7, 11) is 0. The molecule has 0 unspecified atom stereocenters. The van der Waals surface area contributed by atoms with Gasteiger partial charge in [0.05, 0.1) is 6.04 Å². The van der Waals surface area contributed by atoms with Gasteiger partial charge in [0.15, 0.2) is 0 Å². The Morgan fingerprint density at radius 3 is 2.59 bits per heavy atom. The summed E-state index contributed by atoms with van der Waals surface area (Å²) in [4.78, 5) is 29.3. The summed E-state index contributed by atoms with van der Waals surface area (Å²) in [5.41, 5.74) is 3.29. The van der Waals surface area contributed by atoms with E-state index in [2.05, 4.69) is 9.88 Å². The van der Waals surface area contributed by atoms with Crippen LogP contribution >= 0.6 is 0 Å². The predicted octanol–water partition coefficient (Wildman–Crippen LogP) is 3.86. The summed E-state index contributed by atoms with van der Waals surface area (Å²) in [6, 6.07) is 17.1. The summed E-state index contributed by atoms with van der Waals surface area (Å²) in [6.45, 7) is 3.51. The van der Waals surface area contributed by atoms with Crippen LogP contribution in [0.4, 0.5) is 14.9 Å². The second-order valence-electron chi connectivity index (χ2n) is 8.43. The van der Waals surface area contributed by atoms with E-state index in [9.17, 15) is 14.0 Å². The van der Waals surface area contributed by atoms with Crippen LogP contribution in [0.1, 0.15) is 29.3 Å². The molecular formula is C25H25FN4O2. The third-order valence-corrected chi connectivity index (χ3v) is 6.30. The molecule has 2 aliphatic heterocycles. The van der Waals surface area contributed by atoms with Gasteiger partial charge in [-0.1, -0.05) is 35.9 Å². The first-order valence-electron chi connectivity index (χ1n) is 10.8. The molecule has 3 amide bonds. The fourth-order valence-corrected chi connectivity index (χ4v) is 4.66. The lowest BCUT2D eigenvalue weighted by molar-refractivity contribution is -0.117. The molecule has 1 aromatic heterocycles. The number of nitrogens with zero attached hydrogens (tertiary/aromatic N) is 3. The molecule has 1 N–H and O–H groups in total. The van der Waals surface area contributed by atoms with Gasteiger partial charge in [0.25, 0.3) is 0 Å². The number of nitrogens with one attached hydrogen (secondary N) is 1. The number of hydrogen-bond donors (Lipinski definition) is 1. The highest BCUT2D eigenvalue weighted by atomic mass is 19.1. The maximum Gasteiger partial charge on any atom is 0.318 e. The minimum absolute atomic E-state index is 0.0164. The van der Waals surface area contributed by atoms with Crippen molar-refractivity contribution in [3.8, 4) is 0 Å². The molecule has 7 heteroatoms. The van der Waals surface area contributed by atoms with Gasteiger partial charge in [-0.25, -0.2) is 9.18 Å². The minimum atomic E-state index is -0.523. The summed E-state index contributed by atoms with van der Waals surface area (Å²) < 4.78 is 16.8. The Kier molecular flexibility index (Phi) is 5.17. The van der Waals surface area contributed by atoms with Crippen molar-refractivity contribution < 1.29 is 14.0 Å². The molecule has 1 saturated heterocycles. The number of rotatable bonds is 3. The first kappa shape index (κ1) is 20.3. The van der Waals surface area contributed by atoms with Crippen molar-refractivity contribution in [2.75, 3.05) is 18.0 Å². The maximum absolute atomic E-state index is 14.7. The number of carbonyl (C=O) groups excluding carboxylic acids is 2. The van der Waals surface area contributed by atoms with Crippen LogP contribution < -0.4 is 10.2 Å². The largest absolute Gasteiger partial charge is 0.348 e. The van der Waals surface area contributed by atoms with E-state index in [-0.39, 0.29) is 30.2 Å². The van der Waals surface area contributed by atoms with Crippen LogP contribution in [0.25, 0.3) is 0 Å². The molecule has 0 bridgehead atoms. The topological polar surface area (TPSA) is 57.6 Å². The lowest BCUT2D eigenvalue weighted by atomic mass is 9.99. The molecule has 2 atom stereocenters. The van der Waals surface area contributed by atoms with Crippen LogP contribution in [0, 0.1) is 12.7 Å². The number of hydrogen-bond acceptors (Lipinski definition) is 2. The van der Waals surface area contributed by atoms with Crippen LogP contribution in [-0.4, -0.2) is 40.5 Å². The highest BCUT2D eigenvalue weighted by molar-refractivity contribution is 5.96. The molecule has 2 aromatic carbocycles. The van der Waals surface area contributed by atoms with Gasteiger partial charge in [0.1, 0.15) is 11.9 Å². The standard InChI is InChI=1S/C25H25FN4O2/c1-17-8-10-19(11-9-17)30-16-18(15-23(30)31)27-25(32)29-14-13-28-12-4-7-22(28)24(29)20-5-2-3-6-21(20)26/h2-12,18,24H,13-16H2,1H3,(H,27,32)/t18-,24-/m0/s1. The lowest BCUT2D eigenvalue weighted by Gasteiger charge is -2.38. The Morgan fingerprint density at radius 2 is 1.81 bits per heavy atom. The van der Waals surface area contributed by atoms with Crippen LogP contribution in [0.2, 0.25) is 0 Å². The van der Waals surface area contributed by atoms with Crippen LogP contribution in [0.5, 0.6) is 0 Å². The molecule has 0 aliphatic carbocycles. The summed E-state index contributed by atoms with van der Waals surface area (Å²) in [5, 5.41) is 3.03. The summed E-state index contributed by atoms with van der Waals surface area (Å²) in [5.74, 6) is -0.358. The van der Waals surface area contributed by atoms with Crippen molar-refractivity contribution in [2.45, 2.75) is 32.0 Å². The van der Waals surface area contributed by atoms with E-state index >= 15 is 0 Å². The fraction of sp³-hybridized carbons (Fsp3) is 0.280. The van der Waals surface area contributed by atoms with E-state index < -0.39 is 6.04 Å². The molecule has 6 nitrogen and oxygen atoms in total. The number of fused-ring (bicyclic) bond motifs is 1. The Labute approximate surface area is 186 Å². The molecule has 0 spiro atoms. The third kappa shape index (κ3) is 3.64. The molecule has 3 heterocycles. The second-order valence-corrected chi connectivity index (χ2v) is 8.43. The van der Waals surface area contributed by atoms with Gasteiger partial charge in [-0.05, 0) is 37.3 Å². The van der Waals surface area contributed by atoms with Crippen LogP contribution in [-0.2, 0) is 11.3 Å². The second kappa shape index (κ2) is 8.15. The van der Waals surface area contributed by atoms with Gasteiger partial charge in [0.2, 0.25) is 5.91 Å². The maximum atomic E-state index is 14.7. The van der Waals surface area contributed by atoms with E-state index in [1.165, 1.54) is 6.07 Å². The number of aryl methyl sites for hydroxylation is 1. The number of urea groups is 1. The first-order valence-corrected chi connectivity index (χ1v) is 10.8.